The molecular formula is C16H31N3O. The van der Waals surface area contributed by atoms with Crippen molar-refractivity contribution in [2.45, 2.75) is 69.2 Å². The third-order valence-corrected chi connectivity index (χ3v) is 6.10. The Morgan fingerprint density at radius 3 is 2.45 bits per heavy atom. The summed E-state index contributed by atoms with van der Waals surface area (Å²) in [5.41, 5.74) is 6.51. The van der Waals surface area contributed by atoms with Crippen LogP contribution in [-0.2, 0) is 4.74 Å². The van der Waals surface area contributed by atoms with Crippen LogP contribution in [0.5, 0.6) is 0 Å². The van der Waals surface area contributed by atoms with Gasteiger partial charge in [0.05, 0.1) is 6.10 Å². The van der Waals surface area contributed by atoms with Crippen LogP contribution in [0.4, 0.5) is 0 Å². The summed E-state index contributed by atoms with van der Waals surface area (Å²) in [6.07, 6.45) is 8.11. The number of hydrogen-bond donors (Lipinski definition) is 1. The number of likely N-dealkylation sites (N-methyl/N-ethyl adjacent to an activating group) is 1. The molecule has 3 aliphatic rings. The van der Waals surface area contributed by atoms with Crippen LogP contribution in [0.25, 0.3) is 0 Å². The number of rotatable bonds is 5. The fourth-order valence-corrected chi connectivity index (χ4v) is 4.79. The number of piperidine rings is 1. The van der Waals surface area contributed by atoms with Crippen LogP contribution in [0.2, 0.25) is 0 Å². The van der Waals surface area contributed by atoms with E-state index in [1.165, 1.54) is 38.5 Å². The van der Waals surface area contributed by atoms with Gasteiger partial charge < -0.3 is 15.4 Å². The summed E-state index contributed by atoms with van der Waals surface area (Å²) < 4.78 is 5.86. The lowest BCUT2D eigenvalue weighted by Crippen LogP contribution is -2.62. The molecule has 0 amide bonds. The van der Waals surface area contributed by atoms with Crippen LogP contribution >= 0.6 is 0 Å². The molecule has 0 aromatic carbocycles. The topological polar surface area (TPSA) is 41.7 Å². The maximum atomic E-state index is 6.29. The lowest BCUT2D eigenvalue weighted by Gasteiger charge is -2.51. The Hall–Kier alpha value is -0.160. The molecule has 0 aliphatic carbocycles. The number of nitrogens with two attached hydrogens (primary N) is 1. The second-order valence-corrected chi connectivity index (χ2v) is 7.06. The third kappa shape index (κ3) is 2.52. The molecule has 4 heteroatoms. The molecule has 2 N–H and O–H groups in total. The van der Waals surface area contributed by atoms with Gasteiger partial charge in [0, 0.05) is 37.3 Å². The standard InChI is InChI=1S/C16H31N3O/c1-3-19(11-15-5-4-8-20-15)16(12-17)9-13-6-7-14(10-16)18(13)2/h13-15H,3-12,17H2,1-2H3. The van der Waals surface area contributed by atoms with Gasteiger partial charge in [0.25, 0.3) is 0 Å². The van der Waals surface area contributed by atoms with E-state index in [-0.39, 0.29) is 5.54 Å². The van der Waals surface area contributed by atoms with E-state index in [0.29, 0.717) is 6.10 Å². The fourth-order valence-electron chi connectivity index (χ4n) is 4.79. The van der Waals surface area contributed by atoms with Crippen molar-refractivity contribution >= 4 is 0 Å². The van der Waals surface area contributed by atoms with Crippen LogP contribution in [-0.4, -0.2) is 66.8 Å². The highest BCUT2D eigenvalue weighted by Gasteiger charge is 2.49. The molecule has 3 unspecified atom stereocenters. The molecule has 0 aromatic rings. The average molecular weight is 281 g/mol. The molecule has 3 atom stereocenters. The molecule has 3 heterocycles. The van der Waals surface area contributed by atoms with E-state index < -0.39 is 0 Å². The lowest BCUT2D eigenvalue weighted by atomic mass is 9.81. The van der Waals surface area contributed by atoms with Gasteiger partial charge in [0.2, 0.25) is 0 Å². The van der Waals surface area contributed by atoms with Crippen molar-refractivity contribution in [1.29, 1.82) is 0 Å². The highest BCUT2D eigenvalue weighted by Crippen LogP contribution is 2.42. The van der Waals surface area contributed by atoms with E-state index in [4.69, 9.17) is 10.5 Å². The molecule has 4 nitrogen and oxygen atoms in total. The highest BCUT2D eigenvalue weighted by atomic mass is 16.5. The van der Waals surface area contributed by atoms with Crippen molar-refractivity contribution in [3.05, 3.63) is 0 Å². The van der Waals surface area contributed by atoms with Gasteiger partial charge in [-0.05, 0) is 52.1 Å². The molecule has 116 valence electrons. The van der Waals surface area contributed by atoms with E-state index in [1.807, 2.05) is 0 Å². The molecule has 0 spiro atoms. The number of fused-ring (bicyclic) bond motifs is 2. The second kappa shape index (κ2) is 5.91. The molecular weight excluding hydrogens is 250 g/mol. The third-order valence-electron chi connectivity index (χ3n) is 6.10. The average Bonchev–Trinajstić information content (AvgIpc) is 3.03. The van der Waals surface area contributed by atoms with E-state index >= 15 is 0 Å². The van der Waals surface area contributed by atoms with Crippen LogP contribution < -0.4 is 5.73 Å². The van der Waals surface area contributed by atoms with Crippen LogP contribution in [0.1, 0.15) is 45.4 Å². The van der Waals surface area contributed by atoms with Crippen molar-refractivity contribution in [3.8, 4) is 0 Å². The first-order valence-electron chi connectivity index (χ1n) is 8.47. The zero-order valence-corrected chi connectivity index (χ0v) is 13.2. The summed E-state index contributed by atoms with van der Waals surface area (Å²) in [6.45, 7) is 6.21. The molecule has 0 saturated carbocycles. The lowest BCUT2D eigenvalue weighted by molar-refractivity contribution is -0.0247. The minimum absolute atomic E-state index is 0.221. The van der Waals surface area contributed by atoms with E-state index in [1.54, 1.807) is 0 Å². The van der Waals surface area contributed by atoms with Gasteiger partial charge in [-0.3, -0.25) is 4.90 Å². The Balaban J connectivity index is 1.73. The predicted octanol–water partition coefficient (Wildman–Crippen LogP) is 1.44. The van der Waals surface area contributed by atoms with Crippen molar-refractivity contribution in [2.24, 2.45) is 5.73 Å². The summed E-state index contributed by atoms with van der Waals surface area (Å²) >= 11 is 0. The first-order chi connectivity index (χ1) is 9.68. The zero-order chi connectivity index (χ0) is 14.2. The molecule has 2 bridgehead atoms. The molecule has 3 saturated heterocycles. The SMILES string of the molecule is CCN(CC1CCCO1)C1(CN)CC2CCC(C1)N2C. The molecule has 20 heavy (non-hydrogen) atoms. The summed E-state index contributed by atoms with van der Waals surface area (Å²) in [5, 5.41) is 0. The van der Waals surface area contributed by atoms with Crippen LogP contribution in [0.15, 0.2) is 0 Å². The Kier molecular flexibility index (Phi) is 4.37. The quantitative estimate of drug-likeness (QED) is 0.828. The maximum absolute atomic E-state index is 6.29. The van der Waals surface area contributed by atoms with Gasteiger partial charge in [-0.2, -0.15) is 0 Å². The molecule has 3 rings (SSSR count). The maximum Gasteiger partial charge on any atom is 0.0703 e. The summed E-state index contributed by atoms with van der Waals surface area (Å²) in [7, 11) is 2.30. The Morgan fingerprint density at radius 2 is 1.95 bits per heavy atom. The minimum Gasteiger partial charge on any atom is -0.377 e. The smallest absolute Gasteiger partial charge is 0.0703 e. The fraction of sp³-hybridized carbons (Fsp3) is 1.00. The first-order valence-corrected chi connectivity index (χ1v) is 8.47. The van der Waals surface area contributed by atoms with Gasteiger partial charge in [-0.15, -0.1) is 0 Å². The normalized spacial score (nSPS) is 41.7. The van der Waals surface area contributed by atoms with E-state index in [2.05, 4.69) is 23.8 Å². The van der Waals surface area contributed by atoms with Gasteiger partial charge in [0.1, 0.15) is 0 Å². The number of hydrogen-bond acceptors (Lipinski definition) is 4. The molecule has 3 fully saturated rings. The summed E-state index contributed by atoms with van der Waals surface area (Å²) in [4.78, 5) is 5.26. The Morgan fingerprint density at radius 1 is 1.25 bits per heavy atom. The van der Waals surface area contributed by atoms with Gasteiger partial charge >= 0.3 is 0 Å². The monoisotopic (exact) mass is 281 g/mol. The van der Waals surface area contributed by atoms with Gasteiger partial charge in [0.15, 0.2) is 0 Å². The van der Waals surface area contributed by atoms with Crippen LogP contribution in [0, 0.1) is 0 Å². The van der Waals surface area contributed by atoms with Crippen molar-refractivity contribution in [3.63, 3.8) is 0 Å². The second-order valence-electron chi connectivity index (χ2n) is 7.06. The molecule has 0 radical (unpaired) electrons. The van der Waals surface area contributed by atoms with Gasteiger partial charge in [-0.1, -0.05) is 6.92 Å². The van der Waals surface area contributed by atoms with Crippen molar-refractivity contribution in [2.75, 3.05) is 33.3 Å². The minimum atomic E-state index is 0.221. The van der Waals surface area contributed by atoms with Crippen LogP contribution in [0.3, 0.4) is 0 Å². The molecule has 0 aromatic heterocycles. The summed E-state index contributed by atoms with van der Waals surface area (Å²) in [5.74, 6) is 0. The predicted molar refractivity (Wildman–Crippen MR) is 81.8 cm³/mol. The number of nitrogens with zero attached hydrogens (tertiary/aromatic N) is 2. The van der Waals surface area contributed by atoms with Crippen molar-refractivity contribution < 1.29 is 4.74 Å². The number of ether oxygens (including phenoxy) is 1. The molecule has 3 aliphatic heterocycles. The largest absolute Gasteiger partial charge is 0.377 e. The van der Waals surface area contributed by atoms with E-state index in [9.17, 15) is 0 Å². The van der Waals surface area contributed by atoms with Crippen molar-refractivity contribution in [1.82, 2.24) is 9.80 Å². The Bertz CT molecular complexity index is 316. The first kappa shape index (κ1) is 14.8. The van der Waals surface area contributed by atoms with Gasteiger partial charge in [-0.25, -0.2) is 0 Å². The summed E-state index contributed by atoms with van der Waals surface area (Å²) in [6, 6.07) is 1.49. The van der Waals surface area contributed by atoms with E-state index in [0.717, 1.165) is 38.3 Å². The zero-order valence-electron chi connectivity index (χ0n) is 13.2. The Labute approximate surface area is 123 Å². The highest BCUT2D eigenvalue weighted by molar-refractivity contribution is 5.06.